The van der Waals surface area contributed by atoms with Gasteiger partial charge in [0, 0.05) is 16.7 Å². The monoisotopic (exact) mass is 332 g/mol. The summed E-state index contributed by atoms with van der Waals surface area (Å²) in [5, 5.41) is 2.44. The summed E-state index contributed by atoms with van der Waals surface area (Å²) in [6.45, 7) is 0. The molecule has 0 fully saturated rings. The van der Waals surface area contributed by atoms with Gasteiger partial charge in [-0.25, -0.2) is 0 Å². The SMILES string of the molecule is C1=CC2(Oc3cc4ccccc4cc31)c1ccccc1-c1ccccc12. The van der Waals surface area contributed by atoms with Crippen LogP contribution in [0.25, 0.3) is 28.0 Å². The molecule has 4 aromatic carbocycles. The van der Waals surface area contributed by atoms with Crippen molar-refractivity contribution in [2.24, 2.45) is 0 Å². The first kappa shape index (κ1) is 13.9. The molecule has 0 unspecified atom stereocenters. The predicted octanol–water partition coefficient (Wildman–Crippen LogP) is 6.17. The molecule has 1 nitrogen and oxygen atoms in total. The standard InChI is InChI=1S/C25H16O/c1-2-8-18-16-24-19(15-17(18)7-1)13-14-25(26-24)22-11-5-3-9-20(22)21-10-4-6-12-23(21)25/h1-16H. The fourth-order valence-electron chi connectivity index (χ4n) is 4.39. The summed E-state index contributed by atoms with van der Waals surface area (Å²) in [6.07, 6.45) is 4.43. The van der Waals surface area contributed by atoms with Gasteiger partial charge in [0.05, 0.1) is 0 Å². The lowest BCUT2D eigenvalue weighted by molar-refractivity contribution is 0.166. The van der Waals surface area contributed by atoms with E-state index in [-0.39, 0.29) is 0 Å². The summed E-state index contributed by atoms with van der Waals surface area (Å²) in [5.74, 6) is 0.942. The minimum absolute atomic E-state index is 0.539. The van der Waals surface area contributed by atoms with Gasteiger partial charge in [0.15, 0.2) is 5.60 Å². The van der Waals surface area contributed by atoms with Crippen LogP contribution in [0, 0.1) is 0 Å². The summed E-state index contributed by atoms with van der Waals surface area (Å²) in [6, 6.07) is 30.0. The largest absolute Gasteiger partial charge is 0.473 e. The van der Waals surface area contributed by atoms with E-state index in [1.165, 1.54) is 33.0 Å². The molecular weight excluding hydrogens is 316 g/mol. The van der Waals surface area contributed by atoms with E-state index >= 15 is 0 Å². The number of ether oxygens (including phenoxy) is 1. The highest BCUT2D eigenvalue weighted by atomic mass is 16.5. The van der Waals surface area contributed by atoms with Crippen LogP contribution in [0.3, 0.4) is 0 Å². The molecule has 1 heterocycles. The van der Waals surface area contributed by atoms with E-state index in [0.717, 1.165) is 11.3 Å². The molecule has 0 bridgehead atoms. The van der Waals surface area contributed by atoms with Gasteiger partial charge in [-0.1, -0.05) is 78.9 Å². The summed E-state index contributed by atoms with van der Waals surface area (Å²) < 4.78 is 6.75. The fourth-order valence-corrected chi connectivity index (χ4v) is 4.39. The van der Waals surface area contributed by atoms with Gasteiger partial charge in [0.25, 0.3) is 0 Å². The van der Waals surface area contributed by atoms with Gasteiger partial charge in [-0.15, -0.1) is 0 Å². The van der Waals surface area contributed by atoms with Crippen LogP contribution in [0.5, 0.6) is 5.75 Å². The molecule has 0 amide bonds. The Morgan fingerprint density at radius 3 is 1.88 bits per heavy atom. The lowest BCUT2D eigenvalue weighted by Gasteiger charge is -2.33. The highest BCUT2D eigenvalue weighted by molar-refractivity contribution is 5.89. The second kappa shape index (κ2) is 4.86. The highest BCUT2D eigenvalue weighted by Crippen LogP contribution is 2.53. The average molecular weight is 332 g/mol. The molecular formula is C25H16O. The van der Waals surface area contributed by atoms with Gasteiger partial charge in [0.2, 0.25) is 0 Å². The molecule has 122 valence electrons. The number of rotatable bonds is 0. The van der Waals surface area contributed by atoms with E-state index in [1.54, 1.807) is 0 Å². The first-order valence-corrected chi connectivity index (χ1v) is 8.96. The van der Waals surface area contributed by atoms with Crippen molar-refractivity contribution in [3.05, 3.63) is 108 Å². The zero-order valence-corrected chi connectivity index (χ0v) is 14.1. The van der Waals surface area contributed by atoms with E-state index in [1.807, 2.05) is 0 Å². The van der Waals surface area contributed by atoms with Crippen molar-refractivity contribution in [2.45, 2.75) is 5.60 Å². The first-order valence-electron chi connectivity index (χ1n) is 8.96. The van der Waals surface area contributed by atoms with Gasteiger partial charge in [0.1, 0.15) is 5.75 Å². The zero-order valence-electron chi connectivity index (χ0n) is 14.1. The van der Waals surface area contributed by atoms with Gasteiger partial charge < -0.3 is 4.74 Å². The van der Waals surface area contributed by atoms with Crippen molar-refractivity contribution in [3.8, 4) is 16.9 Å². The quantitative estimate of drug-likeness (QED) is 0.374. The number of hydrogen-bond donors (Lipinski definition) is 0. The summed E-state index contributed by atoms with van der Waals surface area (Å²) in [5.41, 5.74) is 5.56. The van der Waals surface area contributed by atoms with Crippen LogP contribution in [0.2, 0.25) is 0 Å². The van der Waals surface area contributed by atoms with Crippen LogP contribution >= 0.6 is 0 Å². The molecule has 1 aliphatic heterocycles. The molecule has 0 N–H and O–H groups in total. The molecule has 0 saturated carbocycles. The summed E-state index contributed by atoms with van der Waals surface area (Å²) in [4.78, 5) is 0. The van der Waals surface area contributed by atoms with Crippen molar-refractivity contribution in [1.82, 2.24) is 0 Å². The molecule has 1 spiro atoms. The smallest absolute Gasteiger partial charge is 0.179 e. The molecule has 4 aromatic rings. The summed E-state index contributed by atoms with van der Waals surface area (Å²) in [7, 11) is 0. The van der Waals surface area contributed by atoms with Gasteiger partial charge in [-0.3, -0.25) is 0 Å². The van der Waals surface area contributed by atoms with E-state index in [4.69, 9.17) is 4.74 Å². The Labute approximate surface area is 152 Å². The first-order chi connectivity index (χ1) is 12.9. The topological polar surface area (TPSA) is 9.23 Å². The van der Waals surface area contributed by atoms with E-state index in [0.29, 0.717) is 0 Å². The van der Waals surface area contributed by atoms with Crippen LogP contribution in [0.4, 0.5) is 0 Å². The second-order valence-electron chi connectivity index (χ2n) is 7.00. The second-order valence-corrected chi connectivity index (χ2v) is 7.00. The van der Waals surface area contributed by atoms with Crippen molar-refractivity contribution in [2.75, 3.05) is 0 Å². The van der Waals surface area contributed by atoms with Crippen molar-refractivity contribution >= 4 is 16.8 Å². The third kappa shape index (κ3) is 1.70. The maximum atomic E-state index is 6.75. The minimum atomic E-state index is -0.539. The Bertz CT molecular complexity index is 1170. The fraction of sp³-hybridized carbons (Fsp3) is 0.0400. The van der Waals surface area contributed by atoms with Crippen molar-refractivity contribution in [3.63, 3.8) is 0 Å². The molecule has 0 aromatic heterocycles. The third-order valence-electron chi connectivity index (χ3n) is 5.59. The Balaban J connectivity index is 1.63. The molecule has 1 heteroatoms. The molecule has 26 heavy (non-hydrogen) atoms. The Morgan fingerprint density at radius 2 is 1.19 bits per heavy atom. The van der Waals surface area contributed by atoms with E-state index < -0.39 is 5.60 Å². The molecule has 6 rings (SSSR count). The van der Waals surface area contributed by atoms with Crippen molar-refractivity contribution in [1.29, 1.82) is 0 Å². The van der Waals surface area contributed by atoms with Gasteiger partial charge in [-0.2, -0.15) is 0 Å². The van der Waals surface area contributed by atoms with Crippen LogP contribution in [0.1, 0.15) is 16.7 Å². The molecule has 1 aliphatic carbocycles. The number of hydrogen-bond acceptors (Lipinski definition) is 1. The van der Waals surface area contributed by atoms with Crippen LogP contribution in [-0.2, 0) is 5.60 Å². The highest BCUT2D eigenvalue weighted by Gasteiger charge is 2.44. The maximum absolute atomic E-state index is 6.75. The van der Waals surface area contributed by atoms with E-state index in [2.05, 4.69) is 97.1 Å². The molecule has 0 radical (unpaired) electrons. The van der Waals surface area contributed by atoms with Gasteiger partial charge >= 0.3 is 0 Å². The molecule has 2 aliphatic rings. The van der Waals surface area contributed by atoms with Crippen LogP contribution < -0.4 is 4.74 Å². The number of benzene rings is 4. The normalized spacial score (nSPS) is 15.4. The Kier molecular flexibility index (Phi) is 2.60. The zero-order chi connectivity index (χ0) is 17.1. The Hall–Kier alpha value is -3.32. The molecule has 0 atom stereocenters. The third-order valence-corrected chi connectivity index (χ3v) is 5.59. The van der Waals surface area contributed by atoms with E-state index in [9.17, 15) is 0 Å². The number of fused-ring (bicyclic) bond motifs is 7. The van der Waals surface area contributed by atoms with Gasteiger partial charge in [-0.05, 0) is 40.1 Å². The average Bonchev–Trinajstić information content (AvgIpc) is 2.97. The Morgan fingerprint density at radius 1 is 0.615 bits per heavy atom. The van der Waals surface area contributed by atoms with Crippen molar-refractivity contribution < 1.29 is 4.74 Å². The minimum Gasteiger partial charge on any atom is -0.473 e. The van der Waals surface area contributed by atoms with Crippen LogP contribution in [0.15, 0.2) is 91.0 Å². The maximum Gasteiger partial charge on any atom is 0.179 e. The summed E-state index contributed by atoms with van der Waals surface area (Å²) >= 11 is 0. The van der Waals surface area contributed by atoms with Crippen LogP contribution in [-0.4, -0.2) is 0 Å². The lowest BCUT2D eigenvalue weighted by atomic mass is 9.87. The predicted molar refractivity (Wildman–Crippen MR) is 106 cm³/mol. The lowest BCUT2D eigenvalue weighted by Crippen LogP contribution is -2.32. The molecule has 0 saturated heterocycles.